The summed E-state index contributed by atoms with van der Waals surface area (Å²) in [5, 5.41) is -4.92. The number of H-pyrrole nitrogens is 2. The van der Waals surface area contributed by atoms with E-state index in [1.54, 1.807) is 0 Å². The molecule has 3 unspecified atom stereocenters. The summed E-state index contributed by atoms with van der Waals surface area (Å²) in [5.41, 5.74) is -9.05. The lowest BCUT2D eigenvalue weighted by Crippen LogP contribution is -2.70. The molecule has 3 atom stereocenters. The van der Waals surface area contributed by atoms with Crippen molar-refractivity contribution in [3.05, 3.63) is 99.5 Å². The van der Waals surface area contributed by atoms with E-state index in [1.165, 1.54) is 0 Å². The Hall–Kier alpha value is -4.70. The summed E-state index contributed by atoms with van der Waals surface area (Å²) in [6, 6.07) is 4.36. The Bertz CT molecular complexity index is 3430. The van der Waals surface area contributed by atoms with Crippen molar-refractivity contribution in [1.29, 1.82) is 0 Å². The van der Waals surface area contributed by atoms with Gasteiger partial charge in [-0.2, -0.15) is 55.0 Å². The second-order valence-electron chi connectivity index (χ2n) is 12.8. The normalized spacial score (nSPS) is 19.0. The minimum atomic E-state index is -6.58. The molecule has 58 heavy (non-hydrogen) atoms. The lowest BCUT2D eigenvalue weighted by atomic mass is 9.84. The van der Waals surface area contributed by atoms with Crippen LogP contribution in [0, 0.1) is 0 Å². The van der Waals surface area contributed by atoms with Crippen LogP contribution in [0.5, 0.6) is 0 Å². The zero-order valence-electron chi connectivity index (χ0n) is 28.6. The van der Waals surface area contributed by atoms with Crippen LogP contribution in [0.1, 0.15) is 38.3 Å². The Morgan fingerprint density at radius 1 is 0.724 bits per heavy atom. The predicted molar refractivity (Wildman–Crippen MR) is 194 cm³/mol. The molecular weight excluding hydrogens is 905 g/mol. The highest BCUT2D eigenvalue weighted by Crippen LogP contribution is 2.58. The fourth-order valence-corrected chi connectivity index (χ4v) is 12.5. The molecule has 6 rings (SSSR count). The molecule has 1 amide bonds. The quantitative estimate of drug-likeness (QED) is 0.0714. The molecule has 0 fully saturated rings. The number of fused-ring (bicyclic) bond motifs is 3. The molecule has 8 N–H and O–H groups in total. The molecule has 30 heteroatoms. The Morgan fingerprint density at radius 3 is 1.78 bits per heavy atom. The van der Waals surface area contributed by atoms with Gasteiger partial charge in [-0.15, -0.1) is 0 Å². The number of nitrogens with one attached hydrogen (secondary N) is 2. The van der Waals surface area contributed by atoms with Crippen LogP contribution in [0.25, 0.3) is 10.8 Å². The van der Waals surface area contributed by atoms with Crippen LogP contribution in [0.2, 0.25) is 0 Å². The third-order valence-electron chi connectivity index (χ3n) is 9.51. The lowest BCUT2D eigenvalue weighted by molar-refractivity contribution is 0.0697. The predicted octanol–water partition coefficient (Wildman–Crippen LogP) is 0.0387. The zero-order valence-corrected chi connectivity index (χ0v) is 33.5. The molecule has 0 bridgehead atoms. The summed E-state index contributed by atoms with van der Waals surface area (Å²) in [6.45, 7) is 0. The summed E-state index contributed by atoms with van der Waals surface area (Å²) in [7, 11) is -33.4. The highest BCUT2D eigenvalue weighted by Gasteiger charge is 2.72. The van der Waals surface area contributed by atoms with Gasteiger partial charge in [-0.1, -0.05) is 12.1 Å². The van der Waals surface area contributed by atoms with Crippen molar-refractivity contribution in [3.63, 3.8) is 0 Å². The van der Waals surface area contributed by atoms with Gasteiger partial charge < -0.3 is 14.5 Å². The van der Waals surface area contributed by atoms with Crippen LogP contribution in [0.15, 0.2) is 85.2 Å². The molecule has 1 aliphatic carbocycles. The number of hydrogen-bond donors (Lipinski definition) is 8. The van der Waals surface area contributed by atoms with E-state index in [9.17, 15) is 82.6 Å². The van der Waals surface area contributed by atoms with E-state index >= 15 is 4.79 Å². The van der Waals surface area contributed by atoms with Gasteiger partial charge in [0, 0.05) is 35.6 Å². The zero-order chi connectivity index (χ0) is 43.7. The molecule has 2 aromatic heterocycles. The van der Waals surface area contributed by atoms with Crippen molar-refractivity contribution in [2.75, 3.05) is 7.05 Å². The van der Waals surface area contributed by atoms with E-state index in [4.69, 9.17) is 0 Å². The molecule has 1 aliphatic rings. The Labute approximate surface area is 326 Å². The fourth-order valence-electron chi connectivity index (χ4n) is 7.28. The van der Waals surface area contributed by atoms with E-state index in [-0.39, 0.29) is 12.1 Å². The molecule has 312 valence electrons. The number of aromatic amines is 2. The van der Waals surface area contributed by atoms with Crippen molar-refractivity contribution >= 4 is 83.1 Å². The first-order valence-electron chi connectivity index (χ1n) is 15.1. The number of amides is 1. The first kappa shape index (κ1) is 42.9. The number of nitrogens with zero attached hydrogens (tertiary/aromatic N) is 2. The van der Waals surface area contributed by atoms with Crippen LogP contribution in [0.4, 0.5) is 5.69 Å². The molecule has 24 nitrogen and oxygen atoms in total. The number of aryl methyl sites for hydroxylation is 1. The van der Waals surface area contributed by atoms with Crippen LogP contribution >= 0.6 is 0 Å². The van der Waals surface area contributed by atoms with Gasteiger partial charge >= 0.3 is 36.7 Å². The van der Waals surface area contributed by atoms with Gasteiger partial charge in [-0.05, 0) is 42.0 Å². The Balaban J connectivity index is 2.07. The lowest BCUT2D eigenvalue weighted by Gasteiger charge is -2.48. The van der Waals surface area contributed by atoms with Gasteiger partial charge in [0.1, 0.15) is 16.3 Å². The molecule has 5 aromatic rings. The second kappa shape index (κ2) is 12.9. The average Bonchev–Trinajstić information content (AvgIpc) is 3.66. The first-order chi connectivity index (χ1) is 26.2. The fraction of sp³-hybridized carbons (Fsp3) is 0.143. The molecule has 0 saturated heterocycles. The number of imidazole rings is 1. The summed E-state index contributed by atoms with van der Waals surface area (Å²) in [6.07, 6.45) is 1.14. The summed E-state index contributed by atoms with van der Waals surface area (Å²) in [5.74, 6) is -1.79. The largest absolute Gasteiger partial charge is 0.369 e. The van der Waals surface area contributed by atoms with E-state index in [1.807, 2.05) is 9.97 Å². The molecule has 2 heterocycles. The van der Waals surface area contributed by atoms with Crippen molar-refractivity contribution < 1.29 is 82.6 Å². The van der Waals surface area contributed by atoms with E-state index < -0.39 is 151 Å². The molecule has 0 radical (unpaired) electrons. The maximum absolute atomic E-state index is 15.4. The van der Waals surface area contributed by atoms with E-state index in [0.29, 0.717) is 37.4 Å². The van der Waals surface area contributed by atoms with Gasteiger partial charge in [-0.25, -0.2) is 9.59 Å². The maximum atomic E-state index is 15.4. The van der Waals surface area contributed by atoms with Gasteiger partial charge in [0.2, 0.25) is 0 Å². The van der Waals surface area contributed by atoms with Gasteiger partial charge in [0.05, 0.1) is 22.5 Å². The third-order valence-corrected chi connectivity index (χ3v) is 15.7. The topological polar surface area (TPSA) is 397 Å². The molecule has 0 spiro atoms. The number of carbonyl (C=O) groups is 1. The van der Waals surface area contributed by atoms with Gasteiger partial charge in [-0.3, -0.25) is 27.3 Å². The van der Waals surface area contributed by atoms with Gasteiger partial charge in [0.25, 0.3) is 40.5 Å². The number of carbonyl (C=O) groups excluding carboxylic acids is 1. The third kappa shape index (κ3) is 6.32. The molecule has 0 aliphatic heterocycles. The number of aromatic nitrogens is 3. The number of hydrogen-bond acceptors (Lipinski definition) is 14. The molecule has 0 saturated carbocycles. The first-order valence-corrected chi connectivity index (χ1v) is 23.8. The monoisotopic (exact) mass is 929 g/mol. The average molecular weight is 930 g/mol. The highest BCUT2D eigenvalue weighted by molar-refractivity contribution is 7.88. The summed E-state index contributed by atoms with van der Waals surface area (Å²) in [4.78, 5) is 22.4. The van der Waals surface area contributed by atoms with Crippen LogP contribution in [-0.2, 0) is 72.6 Å². The minimum Gasteiger partial charge on any atom is -0.343 e. The number of benzene rings is 3. The van der Waals surface area contributed by atoms with Crippen LogP contribution < -0.4 is 10.2 Å². The second-order valence-corrected chi connectivity index (χ2v) is 21.4. The Morgan fingerprint density at radius 2 is 1.29 bits per heavy atom. The smallest absolute Gasteiger partial charge is 0.343 e. The number of rotatable bonds is 9. The highest BCUT2D eigenvalue weighted by atomic mass is 32.2. The van der Waals surface area contributed by atoms with Crippen molar-refractivity contribution in [1.82, 2.24) is 19.0 Å². The van der Waals surface area contributed by atoms with Crippen LogP contribution in [-0.4, -0.2) is 105 Å². The number of quaternary nitrogens is 1. The van der Waals surface area contributed by atoms with Gasteiger partial charge in [0.15, 0.2) is 15.8 Å². The van der Waals surface area contributed by atoms with E-state index in [0.717, 1.165) is 29.9 Å². The van der Waals surface area contributed by atoms with Crippen molar-refractivity contribution in [2.24, 2.45) is 7.05 Å². The van der Waals surface area contributed by atoms with Crippen LogP contribution in [0.3, 0.4) is 0 Å². The standard InChI is InChI=1S/C28H24N4O20S6/c1-31-9-3-4-19(31)26(33)32(2,20-12-21(55(41,42)43)17-10-13(53(35,36)37)5-7-15(17)23(20)56(44,45)46)28(58(50,51)52)18-11-14(54(38,39)40)6-8-16(18)24(57(47,48)49)22-25(28)30-27(34)29-22/h3-12,24H,1-2H3,(H7-,29,30,34,35,36,37,38,39,40,41,42,43,44,45,46,47,48,49,50,51,52)/p+1. The Kier molecular flexibility index (Phi) is 9.54. The van der Waals surface area contributed by atoms with E-state index in [2.05, 4.69) is 0 Å². The summed E-state index contributed by atoms with van der Waals surface area (Å²) >= 11 is 0. The van der Waals surface area contributed by atoms with Crippen molar-refractivity contribution in [2.45, 2.75) is 29.7 Å². The van der Waals surface area contributed by atoms with Crippen molar-refractivity contribution in [3.8, 4) is 0 Å². The summed E-state index contributed by atoms with van der Waals surface area (Å²) < 4.78 is 219. The minimum absolute atomic E-state index is 0.0218. The molecular formula is C28H25N4O20S6+. The molecule has 3 aromatic carbocycles. The maximum Gasteiger partial charge on any atom is 0.369 e. The SMILES string of the molecule is Cn1cccc1C(=O)[N+](C)(c1cc(S(=O)(=O)O)c2cc(S(=O)(=O)O)ccc2c1S(=O)(=O)O)C1(S(=O)(=O)O)c2cc(S(=O)(=O)O)ccc2C(S(=O)(=O)O)c2[nH]c(=O)[nH]c21.